The van der Waals surface area contributed by atoms with Gasteiger partial charge in [0.15, 0.2) is 11.6 Å². The normalized spacial score (nSPS) is 12.1. The lowest BCUT2D eigenvalue weighted by molar-refractivity contribution is -0.139. The molecule has 0 amide bonds. The largest absolute Gasteiger partial charge is 0.494 e. The Morgan fingerprint density at radius 1 is 1.09 bits per heavy atom. The van der Waals surface area contributed by atoms with Crippen molar-refractivity contribution in [1.82, 2.24) is 19.6 Å². The Hall–Kier alpha value is -3.29. The van der Waals surface area contributed by atoms with E-state index in [1.807, 2.05) is 0 Å². The van der Waals surface area contributed by atoms with Gasteiger partial charge in [-0.15, -0.1) is 0 Å². The summed E-state index contributed by atoms with van der Waals surface area (Å²) in [6.45, 7) is 0.255. The summed E-state index contributed by atoms with van der Waals surface area (Å²) in [6, 6.07) is 8.41. The maximum Gasteiger partial charge on any atom is 0.417 e. The van der Waals surface area contributed by atoms with E-state index >= 15 is 0 Å². The van der Waals surface area contributed by atoms with Gasteiger partial charge in [0, 0.05) is 30.5 Å². The quantitative estimate of drug-likeness (QED) is 0.419. The zero-order valence-electron chi connectivity index (χ0n) is 19.0. The molecule has 0 radical (unpaired) electrons. The monoisotopic (exact) mass is 513 g/mol. The summed E-state index contributed by atoms with van der Waals surface area (Å²) in [5.41, 5.74) is -0.713. The molecular weight excluding hydrogens is 490 g/mol. The lowest BCUT2D eigenvalue weighted by Crippen LogP contribution is -2.32. The summed E-state index contributed by atoms with van der Waals surface area (Å²) in [6.07, 6.45) is -3.59. The summed E-state index contributed by atoms with van der Waals surface area (Å²) in [5.74, 6) is -0.623. The number of ether oxygens (including phenoxy) is 1. The summed E-state index contributed by atoms with van der Waals surface area (Å²) in [5, 5.41) is 2.64. The van der Waals surface area contributed by atoms with Crippen molar-refractivity contribution < 1.29 is 30.7 Å². The number of halogens is 4. The number of methoxy groups -OCH3 is 1. The van der Waals surface area contributed by atoms with Gasteiger partial charge in [-0.25, -0.2) is 27.5 Å². The van der Waals surface area contributed by atoms with E-state index in [4.69, 9.17) is 4.74 Å². The Morgan fingerprint density at radius 2 is 1.83 bits per heavy atom. The number of rotatable bonds is 9. The lowest BCUT2D eigenvalue weighted by Gasteiger charge is -2.17. The van der Waals surface area contributed by atoms with Crippen LogP contribution in [0.3, 0.4) is 0 Å². The van der Waals surface area contributed by atoms with Crippen LogP contribution in [0.25, 0.3) is 11.3 Å². The number of nitrogens with one attached hydrogen (secondary N) is 2. The minimum atomic E-state index is -4.94. The molecule has 0 fully saturated rings. The average molecular weight is 514 g/mol. The number of sulfonamides is 1. The third-order valence-electron chi connectivity index (χ3n) is 4.78. The van der Waals surface area contributed by atoms with E-state index in [0.29, 0.717) is 23.9 Å². The van der Waals surface area contributed by atoms with Crippen LogP contribution in [0.2, 0.25) is 0 Å². The second kappa shape index (κ2) is 10.5. The molecule has 0 saturated carbocycles. The molecule has 1 aromatic heterocycles. The van der Waals surface area contributed by atoms with Gasteiger partial charge >= 0.3 is 6.18 Å². The maximum absolute atomic E-state index is 14.0. The second-order valence-corrected chi connectivity index (χ2v) is 9.38. The number of alkyl halides is 3. The topological polar surface area (TPSA) is 96.4 Å². The highest BCUT2D eigenvalue weighted by Crippen LogP contribution is 2.36. The Morgan fingerprint density at radius 3 is 2.46 bits per heavy atom. The fourth-order valence-electron chi connectivity index (χ4n) is 3.08. The van der Waals surface area contributed by atoms with Gasteiger partial charge in [0.25, 0.3) is 0 Å². The third-order valence-corrected chi connectivity index (χ3v) is 6.30. The van der Waals surface area contributed by atoms with E-state index in [1.54, 1.807) is 25.1 Å². The van der Waals surface area contributed by atoms with Crippen LogP contribution in [0, 0.1) is 5.82 Å². The molecule has 0 spiro atoms. The highest BCUT2D eigenvalue weighted by molar-refractivity contribution is 7.89. The summed E-state index contributed by atoms with van der Waals surface area (Å²) in [7, 11) is 0.329. The van der Waals surface area contributed by atoms with Crippen molar-refractivity contribution >= 4 is 21.7 Å². The van der Waals surface area contributed by atoms with Crippen molar-refractivity contribution in [2.75, 3.05) is 39.6 Å². The molecule has 2 aromatic carbocycles. The van der Waals surface area contributed by atoms with E-state index in [9.17, 15) is 26.0 Å². The van der Waals surface area contributed by atoms with Gasteiger partial charge in [-0.2, -0.15) is 13.2 Å². The molecule has 2 N–H and O–H groups in total. The fourth-order valence-corrected chi connectivity index (χ4v) is 4.31. The highest BCUT2D eigenvalue weighted by Gasteiger charge is 2.37. The highest BCUT2D eigenvalue weighted by atomic mass is 32.2. The molecule has 35 heavy (non-hydrogen) atoms. The van der Waals surface area contributed by atoms with Gasteiger partial charge < -0.3 is 15.0 Å². The van der Waals surface area contributed by atoms with Crippen LogP contribution in [0.4, 0.5) is 29.2 Å². The molecule has 1 heterocycles. The minimum absolute atomic E-state index is 0.0482. The van der Waals surface area contributed by atoms with Crippen LogP contribution in [-0.2, 0) is 16.2 Å². The van der Waals surface area contributed by atoms with E-state index in [0.717, 1.165) is 6.07 Å². The molecule has 0 atom stereocenters. The van der Waals surface area contributed by atoms with Crippen LogP contribution < -0.4 is 14.8 Å². The van der Waals surface area contributed by atoms with Crippen molar-refractivity contribution in [2.24, 2.45) is 0 Å². The van der Waals surface area contributed by atoms with E-state index in [2.05, 4.69) is 20.0 Å². The molecule has 13 heteroatoms. The molecule has 0 aliphatic carbocycles. The molecule has 3 aromatic rings. The van der Waals surface area contributed by atoms with Gasteiger partial charge in [0.2, 0.25) is 16.0 Å². The standard InChI is InChI=1S/C22H23F4N5O3S/c1-31(2)11-10-28-35(32,33)20-7-5-15(13-16(20)22(24,25)26)29-21-27-9-8-18(30-21)14-4-6-19(34-3)17(23)12-14/h4-9,12-13,28H,10-11H2,1-3H3,(H,27,29,30). The molecule has 3 rings (SSSR count). The molecule has 0 unspecified atom stereocenters. The first-order chi connectivity index (χ1) is 16.4. The zero-order chi connectivity index (χ0) is 25.8. The van der Waals surface area contributed by atoms with Crippen molar-refractivity contribution in [3.05, 3.63) is 60.0 Å². The Balaban J connectivity index is 1.90. The minimum Gasteiger partial charge on any atom is -0.494 e. The van der Waals surface area contributed by atoms with Crippen molar-refractivity contribution in [1.29, 1.82) is 0 Å². The Kier molecular flexibility index (Phi) is 7.93. The second-order valence-electron chi connectivity index (χ2n) is 7.65. The van der Waals surface area contributed by atoms with E-state index in [-0.39, 0.29) is 23.9 Å². The molecule has 0 saturated heterocycles. The first-order valence-electron chi connectivity index (χ1n) is 10.2. The van der Waals surface area contributed by atoms with Crippen molar-refractivity contribution in [2.45, 2.75) is 11.1 Å². The summed E-state index contributed by atoms with van der Waals surface area (Å²) >= 11 is 0. The van der Waals surface area contributed by atoms with Gasteiger partial charge in [0.05, 0.1) is 23.3 Å². The molecule has 0 aliphatic heterocycles. The lowest BCUT2D eigenvalue weighted by atomic mass is 10.1. The van der Waals surface area contributed by atoms with Crippen LogP contribution in [0.1, 0.15) is 5.56 Å². The molecule has 0 aliphatic rings. The fraction of sp³-hybridized carbons (Fsp3) is 0.273. The van der Waals surface area contributed by atoms with Crippen LogP contribution >= 0.6 is 0 Å². The number of hydrogen-bond acceptors (Lipinski definition) is 7. The number of nitrogens with zero attached hydrogens (tertiary/aromatic N) is 3. The number of hydrogen-bond donors (Lipinski definition) is 2. The van der Waals surface area contributed by atoms with Crippen LogP contribution in [0.5, 0.6) is 5.75 Å². The molecular formula is C22H23F4N5O3S. The molecule has 188 valence electrons. The number of likely N-dealkylation sites (N-methyl/N-ethyl adjacent to an activating group) is 1. The molecule has 0 bridgehead atoms. The Bertz CT molecular complexity index is 1300. The van der Waals surface area contributed by atoms with Crippen molar-refractivity contribution in [3.8, 4) is 17.0 Å². The average Bonchev–Trinajstić information content (AvgIpc) is 2.78. The third kappa shape index (κ3) is 6.65. The van der Waals surface area contributed by atoms with Gasteiger partial charge in [-0.05, 0) is 56.6 Å². The predicted molar refractivity (Wildman–Crippen MR) is 122 cm³/mol. The number of anilines is 2. The van der Waals surface area contributed by atoms with Gasteiger partial charge in [-0.3, -0.25) is 0 Å². The number of benzene rings is 2. The predicted octanol–water partition coefficient (Wildman–Crippen LogP) is 3.89. The maximum atomic E-state index is 14.0. The first-order valence-corrected chi connectivity index (χ1v) is 11.7. The van der Waals surface area contributed by atoms with E-state index in [1.165, 1.54) is 37.6 Å². The van der Waals surface area contributed by atoms with Crippen molar-refractivity contribution in [3.63, 3.8) is 0 Å². The number of aromatic nitrogens is 2. The van der Waals surface area contributed by atoms with Crippen LogP contribution in [-0.4, -0.2) is 57.6 Å². The van der Waals surface area contributed by atoms with Crippen LogP contribution in [0.15, 0.2) is 53.6 Å². The van der Waals surface area contributed by atoms with Gasteiger partial charge in [-0.1, -0.05) is 0 Å². The SMILES string of the molecule is COc1ccc(-c2ccnc(Nc3ccc(S(=O)(=O)NCCN(C)C)c(C(F)(F)F)c3)n2)cc1F. The summed E-state index contributed by atoms with van der Waals surface area (Å²) in [4.78, 5) is 8.99. The van der Waals surface area contributed by atoms with Gasteiger partial charge in [0.1, 0.15) is 0 Å². The zero-order valence-corrected chi connectivity index (χ0v) is 19.8. The van der Waals surface area contributed by atoms with E-state index < -0.39 is 32.5 Å². The first kappa shape index (κ1) is 26.3. The Labute approximate surface area is 200 Å². The smallest absolute Gasteiger partial charge is 0.417 e. The summed E-state index contributed by atoms with van der Waals surface area (Å²) < 4.78 is 87.3. The molecule has 8 nitrogen and oxygen atoms in total.